The van der Waals surface area contributed by atoms with Crippen LogP contribution in [0, 0.1) is 23.5 Å². The highest BCUT2D eigenvalue weighted by molar-refractivity contribution is 6.12. The third-order valence-electron chi connectivity index (χ3n) is 9.37. The summed E-state index contributed by atoms with van der Waals surface area (Å²) in [5.41, 5.74) is 1.83. The fourth-order valence-corrected chi connectivity index (χ4v) is 6.79. The first-order valence-electron chi connectivity index (χ1n) is 16.3. The van der Waals surface area contributed by atoms with Gasteiger partial charge in [0.05, 0.1) is 17.1 Å². The van der Waals surface area contributed by atoms with E-state index >= 15 is 0 Å². The summed E-state index contributed by atoms with van der Waals surface area (Å²) >= 11 is 0. The molecule has 0 bridgehead atoms. The summed E-state index contributed by atoms with van der Waals surface area (Å²) in [6.45, 7) is 4.92. The van der Waals surface area contributed by atoms with E-state index in [-0.39, 0.29) is 47.9 Å². The molecule has 1 aliphatic carbocycles. The summed E-state index contributed by atoms with van der Waals surface area (Å²) in [7, 11) is 0. The van der Waals surface area contributed by atoms with Gasteiger partial charge in [0, 0.05) is 30.7 Å². The van der Waals surface area contributed by atoms with E-state index in [2.05, 4.69) is 0 Å². The molecular weight excluding hydrogens is 604 g/mol. The van der Waals surface area contributed by atoms with Crippen LogP contribution in [0.15, 0.2) is 66.7 Å². The van der Waals surface area contributed by atoms with Gasteiger partial charge in [-0.15, -0.1) is 0 Å². The van der Waals surface area contributed by atoms with E-state index in [9.17, 15) is 23.2 Å². The van der Waals surface area contributed by atoms with Gasteiger partial charge in [-0.2, -0.15) is 0 Å². The van der Waals surface area contributed by atoms with Gasteiger partial charge < -0.3 is 14.2 Å². The number of carbonyl (C=O) groups excluding carboxylic acids is 3. The summed E-state index contributed by atoms with van der Waals surface area (Å²) in [4.78, 5) is 50.3. The number of rotatable bonds is 9. The molecule has 1 aromatic heterocycles. The summed E-state index contributed by atoms with van der Waals surface area (Å²) in [6.07, 6.45) is 3.83. The van der Waals surface area contributed by atoms with Gasteiger partial charge in [-0.3, -0.25) is 19.4 Å². The number of benzene rings is 3. The minimum Gasteiger partial charge on any atom is -0.457 e. The predicted octanol–water partition coefficient (Wildman–Crippen LogP) is 7.24. The fraction of sp³-hybridized carbons (Fsp3) is 0.389. The standard InChI is InChI=1S/C36H37F2N5O4/c1-22(2)35(45)40-17-15-23(16-18-40)19-32(34-39-30-14-5-25(38)20-31(30)42(34)27-6-7-27)43-33(44)21-41(36(43)46)26-8-12-29(13-9-26)47-28-10-3-24(37)4-11-28/h3-5,8-14,20,22-23,27,32H,6-7,15-19,21H2,1-2H3/t32-/m0/s1. The molecule has 47 heavy (non-hydrogen) atoms. The van der Waals surface area contributed by atoms with E-state index in [1.165, 1.54) is 46.2 Å². The van der Waals surface area contributed by atoms with Crippen LogP contribution in [-0.4, -0.2) is 56.8 Å². The molecule has 3 aromatic carbocycles. The molecule has 0 N–H and O–H groups in total. The molecule has 3 aliphatic rings. The van der Waals surface area contributed by atoms with Crippen LogP contribution in [0.4, 0.5) is 19.3 Å². The molecule has 4 amide bonds. The molecule has 1 atom stereocenters. The van der Waals surface area contributed by atoms with E-state index in [1.807, 2.05) is 23.3 Å². The smallest absolute Gasteiger partial charge is 0.332 e. The molecular formula is C36H37F2N5O4. The Hall–Kier alpha value is -4.80. The van der Waals surface area contributed by atoms with Crippen LogP contribution in [0.1, 0.15) is 63.9 Å². The third-order valence-corrected chi connectivity index (χ3v) is 9.37. The monoisotopic (exact) mass is 641 g/mol. The average molecular weight is 642 g/mol. The lowest BCUT2D eigenvalue weighted by Gasteiger charge is -2.36. The Kier molecular flexibility index (Phi) is 8.15. The maximum absolute atomic E-state index is 14.5. The highest BCUT2D eigenvalue weighted by Crippen LogP contribution is 2.44. The number of ether oxygens (including phenoxy) is 1. The second-order valence-corrected chi connectivity index (χ2v) is 13.1. The number of imidazole rings is 1. The Bertz CT molecular complexity index is 1810. The van der Waals surface area contributed by atoms with Crippen molar-refractivity contribution in [2.24, 2.45) is 11.8 Å². The number of fused-ring (bicyclic) bond motifs is 1. The molecule has 3 fully saturated rings. The minimum atomic E-state index is -0.658. The number of hydrogen-bond acceptors (Lipinski definition) is 5. The summed E-state index contributed by atoms with van der Waals surface area (Å²) in [5, 5.41) is 0. The number of amides is 4. The normalized spacial score (nSPS) is 18.1. The zero-order valence-corrected chi connectivity index (χ0v) is 26.4. The zero-order chi connectivity index (χ0) is 32.8. The molecule has 11 heteroatoms. The Morgan fingerprint density at radius 1 is 0.894 bits per heavy atom. The first kappa shape index (κ1) is 30.8. The molecule has 0 unspecified atom stereocenters. The van der Waals surface area contributed by atoms with Gasteiger partial charge in [0.25, 0.3) is 5.91 Å². The lowest BCUT2D eigenvalue weighted by molar-refractivity contribution is -0.135. The van der Waals surface area contributed by atoms with Gasteiger partial charge in [-0.25, -0.2) is 18.6 Å². The van der Waals surface area contributed by atoms with Crippen molar-refractivity contribution >= 4 is 34.6 Å². The quantitative estimate of drug-likeness (QED) is 0.180. The number of piperidine rings is 1. The van der Waals surface area contributed by atoms with Crippen LogP contribution in [-0.2, 0) is 9.59 Å². The molecule has 2 aliphatic heterocycles. The van der Waals surface area contributed by atoms with Crippen molar-refractivity contribution in [2.45, 2.75) is 58.0 Å². The fourth-order valence-electron chi connectivity index (χ4n) is 6.79. The van der Waals surface area contributed by atoms with Gasteiger partial charge in [0.1, 0.15) is 35.5 Å². The molecule has 9 nitrogen and oxygen atoms in total. The summed E-state index contributed by atoms with van der Waals surface area (Å²) < 4.78 is 35.6. The lowest BCUT2D eigenvalue weighted by Crippen LogP contribution is -2.42. The Balaban J connectivity index is 1.18. The van der Waals surface area contributed by atoms with Crippen LogP contribution >= 0.6 is 0 Å². The molecule has 0 radical (unpaired) electrons. The number of urea groups is 1. The third kappa shape index (κ3) is 6.18. The molecule has 4 aromatic rings. The number of likely N-dealkylation sites (tertiary alicyclic amines) is 1. The number of nitrogens with zero attached hydrogens (tertiary/aromatic N) is 5. The summed E-state index contributed by atoms with van der Waals surface area (Å²) in [5.74, 6) is 0.715. The molecule has 244 valence electrons. The maximum atomic E-state index is 14.5. The van der Waals surface area contributed by atoms with Crippen LogP contribution in [0.25, 0.3) is 11.0 Å². The molecule has 0 spiro atoms. The number of anilines is 1. The van der Waals surface area contributed by atoms with E-state index in [0.29, 0.717) is 53.6 Å². The van der Waals surface area contributed by atoms with Crippen molar-refractivity contribution < 1.29 is 27.9 Å². The maximum Gasteiger partial charge on any atom is 0.332 e. The second kappa shape index (κ2) is 12.4. The van der Waals surface area contributed by atoms with E-state index in [4.69, 9.17) is 9.72 Å². The zero-order valence-electron chi connectivity index (χ0n) is 26.4. The van der Waals surface area contributed by atoms with Crippen LogP contribution in [0.2, 0.25) is 0 Å². The predicted molar refractivity (Wildman–Crippen MR) is 172 cm³/mol. The van der Waals surface area contributed by atoms with Crippen LogP contribution in [0.3, 0.4) is 0 Å². The number of aromatic nitrogens is 2. The number of imide groups is 1. The van der Waals surface area contributed by atoms with Crippen molar-refractivity contribution in [3.8, 4) is 11.5 Å². The number of halogens is 2. The van der Waals surface area contributed by atoms with E-state index in [1.54, 1.807) is 30.3 Å². The van der Waals surface area contributed by atoms with Gasteiger partial charge >= 0.3 is 6.03 Å². The first-order chi connectivity index (χ1) is 22.7. The molecule has 3 heterocycles. The minimum absolute atomic E-state index is 0.0764. The Labute approximate surface area is 271 Å². The van der Waals surface area contributed by atoms with Crippen molar-refractivity contribution in [1.82, 2.24) is 19.4 Å². The van der Waals surface area contributed by atoms with Gasteiger partial charge in [0.15, 0.2) is 0 Å². The van der Waals surface area contributed by atoms with E-state index in [0.717, 1.165) is 25.7 Å². The molecule has 7 rings (SSSR count). The number of carbonyl (C=O) groups is 3. The first-order valence-corrected chi connectivity index (χ1v) is 16.3. The Morgan fingerprint density at radius 2 is 1.53 bits per heavy atom. The SMILES string of the molecule is CC(C)C(=O)N1CCC(C[C@@H](c2nc3ccc(F)cc3n2C2CC2)N2C(=O)CN(c3ccc(Oc4ccc(F)cc4)cc3)C2=O)CC1. The topological polar surface area (TPSA) is 88.0 Å². The Morgan fingerprint density at radius 3 is 2.17 bits per heavy atom. The van der Waals surface area contributed by atoms with Crippen molar-refractivity contribution in [3.05, 3.63) is 84.2 Å². The summed E-state index contributed by atoms with van der Waals surface area (Å²) in [6, 6.07) is 16.0. The van der Waals surface area contributed by atoms with Crippen LogP contribution in [0.5, 0.6) is 11.5 Å². The van der Waals surface area contributed by atoms with Gasteiger partial charge in [-0.1, -0.05) is 13.8 Å². The van der Waals surface area contributed by atoms with Crippen molar-refractivity contribution in [1.29, 1.82) is 0 Å². The van der Waals surface area contributed by atoms with Crippen LogP contribution < -0.4 is 9.64 Å². The molecule has 2 saturated heterocycles. The number of hydrogen-bond donors (Lipinski definition) is 0. The lowest BCUT2D eigenvalue weighted by atomic mass is 9.89. The van der Waals surface area contributed by atoms with Crippen molar-refractivity contribution in [3.63, 3.8) is 0 Å². The molecule has 1 saturated carbocycles. The second-order valence-electron chi connectivity index (χ2n) is 13.1. The largest absolute Gasteiger partial charge is 0.457 e. The van der Waals surface area contributed by atoms with Crippen molar-refractivity contribution in [2.75, 3.05) is 24.5 Å². The van der Waals surface area contributed by atoms with E-state index < -0.39 is 12.1 Å². The highest BCUT2D eigenvalue weighted by Gasteiger charge is 2.45. The highest BCUT2D eigenvalue weighted by atomic mass is 19.1. The van der Waals surface area contributed by atoms with Gasteiger partial charge in [-0.05, 0) is 105 Å². The average Bonchev–Trinajstić information content (AvgIpc) is 3.77. The van der Waals surface area contributed by atoms with Gasteiger partial charge in [0.2, 0.25) is 5.91 Å².